The highest BCUT2D eigenvalue weighted by molar-refractivity contribution is 7.92. The van der Waals surface area contributed by atoms with Gasteiger partial charge < -0.3 is 4.90 Å². The molecule has 0 aliphatic carbocycles. The summed E-state index contributed by atoms with van der Waals surface area (Å²) >= 11 is 0. The van der Waals surface area contributed by atoms with E-state index in [0.717, 1.165) is 11.3 Å². The van der Waals surface area contributed by atoms with Crippen molar-refractivity contribution in [3.05, 3.63) is 90.0 Å². The molecule has 3 aromatic rings. The normalized spacial score (nSPS) is 11.3. The minimum atomic E-state index is -3.67. The van der Waals surface area contributed by atoms with Crippen molar-refractivity contribution in [1.29, 1.82) is 0 Å². The number of hydrazone groups is 1. The molecule has 1 amide bonds. The number of rotatable bonds is 7. The summed E-state index contributed by atoms with van der Waals surface area (Å²) in [7, 11) is 1.73. The van der Waals surface area contributed by atoms with Crippen LogP contribution in [0.25, 0.3) is 0 Å². The van der Waals surface area contributed by atoms with E-state index in [1.807, 2.05) is 43.3 Å². The molecule has 0 bridgehead atoms. The van der Waals surface area contributed by atoms with Gasteiger partial charge in [-0.05, 0) is 54.1 Å². The lowest BCUT2D eigenvalue weighted by atomic mass is 10.2. The van der Waals surface area contributed by atoms with E-state index in [2.05, 4.69) is 10.5 Å². The molecule has 0 unspecified atom stereocenters. The summed E-state index contributed by atoms with van der Waals surface area (Å²) in [4.78, 5) is 14.5. The van der Waals surface area contributed by atoms with Crippen LogP contribution in [0.3, 0.4) is 0 Å². The summed E-state index contributed by atoms with van der Waals surface area (Å²) in [5.41, 5.74) is 5.22. The number of anilines is 2. The van der Waals surface area contributed by atoms with Gasteiger partial charge in [0, 0.05) is 32.4 Å². The van der Waals surface area contributed by atoms with Crippen LogP contribution in [0.1, 0.15) is 15.9 Å². The second kappa shape index (κ2) is 9.44. The Morgan fingerprint density at radius 1 is 0.839 bits per heavy atom. The van der Waals surface area contributed by atoms with Gasteiger partial charge in [0.15, 0.2) is 0 Å². The third kappa shape index (κ3) is 5.29. The lowest BCUT2D eigenvalue weighted by Gasteiger charge is -2.19. The molecular formula is C23H24N4O3S. The van der Waals surface area contributed by atoms with Crippen LogP contribution >= 0.6 is 0 Å². The number of sulfonamides is 1. The number of nitrogens with one attached hydrogen (secondary N) is 1. The quantitative estimate of drug-likeness (QED) is 0.455. The fraction of sp³-hybridized carbons (Fsp3) is 0.130. The molecule has 7 nitrogen and oxygen atoms in total. The number of carbonyl (C=O) groups excluding carboxylic acids is 1. The first kappa shape index (κ1) is 22.0. The van der Waals surface area contributed by atoms with E-state index in [0.29, 0.717) is 11.3 Å². The zero-order valence-corrected chi connectivity index (χ0v) is 18.4. The molecule has 0 spiro atoms. The molecule has 0 aromatic heterocycles. The molecule has 1 N–H and O–H groups in total. The van der Waals surface area contributed by atoms with E-state index in [1.165, 1.54) is 11.4 Å². The van der Waals surface area contributed by atoms with Gasteiger partial charge in [-0.25, -0.2) is 13.8 Å². The lowest BCUT2D eigenvalue weighted by molar-refractivity contribution is 0.0955. The monoisotopic (exact) mass is 436 g/mol. The minimum Gasteiger partial charge on any atom is -0.378 e. The van der Waals surface area contributed by atoms with Gasteiger partial charge in [0.05, 0.1) is 16.8 Å². The SMILES string of the molecule is CN(C)c1ccc(/C=N\NC(=O)c2ccc(N(C)S(=O)(=O)c3ccccc3)cc2)cc1. The predicted octanol–water partition coefficient (Wildman–Crippen LogP) is 3.34. The Labute approximate surface area is 182 Å². The molecule has 0 aliphatic heterocycles. The molecule has 0 atom stereocenters. The van der Waals surface area contributed by atoms with Crippen LogP contribution in [0, 0.1) is 0 Å². The Kier molecular flexibility index (Phi) is 6.71. The van der Waals surface area contributed by atoms with Crippen molar-refractivity contribution in [2.24, 2.45) is 5.10 Å². The van der Waals surface area contributed by atoms with Gasteiger partial charge in [0.1, 0.15) is 0 Å². The first-order valence-electron chi connectivity index (χ1n) is 9.54. The molecule has 0 fully saturated rings. The van der Waals surface area contributed by atoms with Crippen molar-refractivity contribution in [2.75, 3.05) is 30.3 Å². The van der Waals surface area contributed by atoms with Crippen LogP contribution in [0.4, 0.5) is 11.4 Å². The molecule has 3 aromatic carbocycles. The second-order valence-electron chi connectivity index (χ2n) is 7.02. The molecule has 3 rings (SSSR count). The summed E-state index contributed by atoms with van der Waals surface area (Å²) in [6.45, 7) is 0. The zero-order valence-electron chi connectivity index (χ0n) is 17.6. The Morgan fingerprint density at radius 2 is 1.42 bits per heavy atom. The van der Waals surface area contributed by atoms with Crippen LogP contribution in [0.5, 0.6) is 0 Å². The Morgan fingerprint density at radius 3 is 2.00 bits per heavy atom. The van der Waals surface area contributed by atoms with Gasteiger partial charge in [0.2, 0.25) is 0 Å². The van der Waals surface area contributed by atoms with Crippen molar-refractivity contribution >= 4 is 33.5 Å². The highest BCUT2D eigenvalue weighted by Crippen LogP contribution is 2.22. The van der Waals surface area contributed by atoms with E-state index < -0.39 is 10.0 Å². The maximum Gasteiger partial charge on any atom is 0.271 e. The smallest absolute Gasteiger partial charge is 0.271 e. The molecule has 0 aliphatic rings. The Hall–Kier alpha value is -3.65. The molecule has 8 heteroatoms. The molecule has 0 heterocycles. The standard InChI is InChI=1S/C23H24N4O3S/c1-26(2)20-13-9-18(10-14-20)17-24-25-23(28)19-11-15-21(16-12-19)27(3)31(29,30)22-7-5-4-6-8-22/h4-17H,1-3H3,(H,25,28)/b24-17-. The van der Waals surface area contributed by atoms with Crippen LogP contribution < -0.4 is 14.6 Å². The zero-order chi connectivity index (χ0) is 22.4. The number of carbonyl (C=O) groups is 1. The summed E-state index contributed by atoms with van der Waals surface area (Å²) in [6, 6.07) is 22.2. The molecule has 0 saturated carbocycles. The Bertz CT molecular complexity index is 1160. The van der Waals surface area contributed by atoms with Gasteiger partial charge in [-0.1, -0.05) is 30.3 Å². The first-order chi connectivity index (χ1) is 14.8. The van der Waals surface area contributed by atoms with Crippen molar-refractivity contribution < 1.29 is 13.2 Å². The number of amides is 1. The van der Waals surface area contributed by atoms with Crippen molar-refractivity contribution in [1.82, 2.24) is 5.43 Å². The number of benzene rings is 3. The molecule has 0 radical (unpaired) electrons. The minimum absolute atomic E-state index is 0.201. The van der Waals surface area contributed by atoms with E-state index in [-0.39, 0.29) is 10.8 Å². The van der Waals surface area contributed by atoms with Gasteiger partial charge in [0.25, 0.3) is 15.9 Å². The number of hydrogen-bond acceptors (Lipinski definition) is 5. The summed E-state index contributed by atoms with van der Waals surface area (Å²) in [5.74, 6) is -0.388. The van der Waals surface area contributed by atoms with E-state index in [1.54, 1.807) is 60.8 Å². The summed E-state index contributed by atoms with van der Waals surface area (Å²) in [6.07, 6.45) is 1.56. The third-order valence-electron chi connectivity index (χ3n) is 4.68. The fourth-order valence-electron chi connectivity index (χ4n) is 2.80. The average molecular weight is 437 g/mol. The third-order valence-corrected chi connectivity index (χ3v) is 6.48. The summed E-state index contributed by atoms with van der Waals surface area (Å²) < 4.78 is 26.6. The van der Waals surface area contributed by atoms with Crippen LogP contribution in [-0.4, -0.2) is 41.7 Å². The van der Waals surface area contributed by atoms with E-state index in [4.69, 9.17) is 0 Å². The van der Waals surface area contributed by atoms with Gasteiger partial charge in [-0.3, -0.25) is 9.10 Å². The number of hydrogen-bond donors (Lipinski definition) is 1. The van der Waals surface area contributed by atoms with Crippen molar-refractivity contribution in [3.63, 3.8) is 0 Å². The topological polar surface area (TPSA) is 82.1 Å². The predicted molar refractivity (Wildman–Crippen MR) is 124 cm³/mol. The maximum absolute atomic E-state index is 12.7. The maximum atomic E-state index is 12.7. The molecule has 0 saturated heterocycles. The highest BCUT2D eigenvalue weighted by Gasteiger charge is 2.21. The summed E-state index contributed by atoms with van der Waals surface area (Å²) in [5, 5.41) is 3.98. The average Bonchev–Trinajstić information content (AvgIpc) is 2.79. The van der Waals surface area contributed by atoms with Crippen LogP contribution in [-0.2, 0) is 10.0 Å². The first-order valence-corrected chi connectivity index (χ1v) is 11.0. The molecule has 160 valence electrons. The number of nitrogens with zero attached hydrogens (tertiary/aromatic N) is 3. The highest BCUT2D eigenvalue weighted by atomic mass is 32.2. The largest absolute Gasteiger partial charge is 0.378 e. The van der Waals surface area contributed by atoms with E-state index >= 15 is 0 Å². The van der Waals surface area contributed by atoms with Gasteiger partial charge in [-0.15, -0.1) is 0 Å². The van der Waals surface area contributed by atoms with E-state index in [9.17, 15) is 13.2 Å². The van der Waals surface area contributed by atoms with Crippen LogP contribution in [0.2, 0.25) is 0 Å². The fourth-order valence-corrected chi connectivity index (χ4v) is 4.02. The second-order valence-corrected chi connectivity index (χ2v) is 8.99. The van der Waals surface area contributed by atoms with Crippen molar-refractivity contribution in [2.45, 2.75) is 4.90 Å². The lowest BCUT2D eigenvalue weighted by Crippen LogP contribution is -2.26. The molecule has 31 heavy (non-hydrogen) atoms. The van der Waals surface area contributed by atoms with Crippen molar-refractivity contribution in [3.8, 4) is 0 Å². The van der Waals surface area contributed by atoms with Gasteiger partial charge >= 0.3 is 0 Å². The Balaban J connectivity index is 1.64. The van der Waals surface area contributed by atoms with Crippen LogP contribution in [0.15, 0.2) is 88.9 Å². The molecular weight excluding hydrogens is 412 g/mol. The van der Waals surface area contributed by atoms with Gasteiger partial charge in [-0.2, -0.15) is 5.10 Å².